The van der Waals surface area contributed by atoms with Crippen molar-refractivity contribution in [1.82, 2.24) is 9.97 Å². The summed E-state index contributed by atoms with van der Waals surface area (Å²) < 4.78 is 0. The highest BCUT2D eigenvalue weighted by atomic mass is 35.5. The average molecular weight is 261 g/mol. The van der Waals surface area contributed by atoms with Crippen LogP contribution in [0.2, 0.25) is 5.15 Å². The van der Waals surface area contributed by atoms with E-state index in [4.69, 9.17) is 11.6 Å². The van der Waals surface area contributed by atoms with E-state index in [2.05, 4.69) is 41.2 Å². The highest BCUT2D eigenvalue weighted by Gasteiger charge is 2.09. The molecule has 1 aromatic heterocycles. The summed E-state index contributed by atoms with van der Waals surface area (Å²) in [6, 6.07) is 8.39. The van der Waals surface area contributed by atoms with Crippen molar-refractivity contribution in [3.8, 4) is 11.3 Å². The Hall–Kier alpha value is -1.41. The second kappa shape index (κ2) is 5.49. The minimum Gasteiger partial charge on any atom is -0.248 e. The van der Waals surface area contributed by atoms with Crippen LogP contribution >= 0.6 is 11.6 Å². The van der Waals surface area contributed by atoms with Crippen molar-refractivity contribution in [3.05, 3.63) is 46.4 Å². The number of benzene rings is 1. The molecular formula is C15H17ClN2. The molecule has 1 aromatic carbocycles. The monoisotopic (exact) mass is 260 g/mol. The van der Waals surface area contributed by atoms with Crippen molar-refractivity contribution >= 4 is 11.6 Å². The molecule has 2 rings (SSSR count). The molecule has 0 aliphatic rings. The van der Waals surface area contributed by atoms with E-state index < -0.39 is 0 Å². The largest absolute Gasteiger partial charge is 0.248 e. The van der Waals surface area contributed by atoms with E-state index in [9.17, 15) is 0 Å². The molecule has 0 amide bonds. The summed E-state index contributed by atoms with van der Waals surface area (Å²) in [5, 5.41) is 0.473. The van der Waals surface area contributed by atoms with Gasteiger partial charge in [0.1, 0.15) is 5.69 Å². The molecule has 0 fully saturated rings. The summed E-state index contributed by atoms with van der Waals surface area (Å²) in [7, 11) is 0. The van der Waals surface area contributed by atoms with Crippen LogP contribution in [-0.2, 0) is 6.42 Å². The predicted octanol–water partition coefficient (Wildman–Crippen LogP) is 4.37. The van der Waals surface area contributed by atoms with E-state index in [1.165, 1.54) is 5.56 Å². The SMILES string of the molecule is CCCc1ccc(-c2nc(C)c(C)nc2Cl)cc1. The predicted molar refractivity (Wildman–Crippen MR) is 75.9 cm³/mol. The zero-order valence-corrected chi connectivity index (χ0v) is 11.8. The molecule has 0 bridgehead atoms. The Morgan fingerprint density at radius 3 is 2.22 bits per heavy atom. The van der Waals surface area contributed by atoms with Gasteiger partial charge < -0.3 is 0 Å². The minimum absolute atomic E-state index is 0.473. The molecule has 18 heavy (non-hydrogen) atoms. The van der Waals surface area contributed by atoms with Gasteiger partial charge in [0.25, 0.3) is 0 Å². The molecule has 2 nitrogen and oxygen atoms in total. The van der Waals surface area contributed by atoms with Crippen LogP contribution in [-0.4, -0.2) is 9.97 Å². The van der Waals surface area contributed by atoms with Crippen LogP contribution in [0.25, 0.3) is 11.3 Å². The summed E-state index contributed by atoms with van der Waals surface area (Å²) in [4.78, 5) is 8.83. The Morgan fingerprint density at radius 1 is 1.00 bits per heavy atom. The molecule has 0 radical (unpaired) electrons. The van der Waals surface area contributed by atoms with Crippen LogP contribution in [0.15, 0.2) is 24.3 Å². The molecule has 3 heteroatoms. The minimum atomic E-state index is 0.473. The Labute approximate surface area is 113 Å². The molecule has 2 aromatic rings. The van der Waals surface area contributed by atoms with Crippen LogP contribution in [0.1, 0.15) is 30.3 Å². The third-order valence-corrected chi connectivity index (χ3v) is 3.29. The molecule has 0 saturated carbocycles. The summed E-state index contributed by atoms with van der Waals surface area (Å²) >= 11 is 6.16. The maximum Gasteiger partial charge on any atom is 0.155 e. The van der Waals surface area contributed by atoms with Gasteiger partial charge in [-0.15, -0.1) is 0 Å². The molecule has 0 aliphatic carbocycles. The zero-order valence-electron chi connectivity index (χ0n) is 11.0. The maximum atomic E-state index is 6.16. The van der Waals surface area contributed by atoms with Gasteiger partial charge in [-0.05, 0) is 25.8 Å². The average Bonchev–Trinajstić information content (AvgIpc) is 2.35. The Morgan fingerprint density at radius 2 is 1.61 bits per heavy atom. The first-order valence-corrected chi connectivity index (χ1v) is 6.59. The number of hydrogen-bond donors (Lipinski definition) is 0. The third kappa shape index (κ3) is 2.70. The van der Waals surface area contributed by atoms with E-state index in [-0.39, 0.29) is 0 Å². The van der Waals surface area contributed by atoms with Gasteiger partial charge in [-0.1, -0.05) is 49.2 Å². The topological polar surface area (TPSA) is 25.8 Å². The van der Waals surface area contributed by atoms with E-state index in [0.717, 1.165) is 35.5 Å². The second-order valence-electron chi connectivity index (χ2n) is 4.48. The highest BCUT2D eigenvalue weighted by molar-refractivity contribution is 6.31. The van der Waals surface area contributed by atoms with Crippen molar-refractivity contribution in [1.29, 1.82) is 0 Å². The molecule has 94 valence electrons. The number of aromatic nitrogens is 2. The molecule has 1 heterocycles. The highest BCUT2D eigenvalue weighted by Crippen LogP contribution is 2.25. The smallest absolute Gasteiger partial charge is 0.155 e. The quantitative estimate of drug-likeness (QED) is 0.819. The van der Waals surface area contributed by atoms with Crippen LogP contribution in [0.3, 0.4) is 0 Å². The molecular weight excluding hydrogens is 244 g/mol. The first-order chi connectivity index (χ1) is 8.61. The number of aryl methyl sites for hydroxylation is 3. The number of rotatable bonds is 3. The molecule has 0 saturated heterocycles. The summed E-state index contributed by atoms with van der Waals surface area (Å²) in [5.41, 5.74) is 4.94. The van der Waals surface area contributed by atoms with Crippen molar-refractivity contribution < 1.29 is 0 Å². The van der Waals surface area contributed by atoms with Gasteiger partial charge in [0.15, 0.2) is 5.15 Å². The van der Waals surface area contributed by atoms with Crippen LogP contribution in [0.4, 0.5) is 0 Å². The summed E-state index contributed by atoms with van der Waals surface area (Å²) in [6.07, 6.45) is 2.26. The molecule has 0 aliphatic heterocycles. The van der Waals surface area contributed by atoms with Crippen LogP contribution < -0.4 is 0 Å². The van der Waals surface area contributed by atoms with Gasteiger partial charge in [-0.3, -0.25) is 0 Å². The Kier molecular flexibility index (Phi) is 3.97. The van der Waals surface area contributed by atoms with Gasteiger partial charge in [0.05, 0.1) is 11.4 Å². The van der Waals surface area contributed by atoms with Crippen molar-refractivity contribution in [2.75, 3.05) is 0 Å². The van der Waals surface area contributed by atoms with E-state index in [1.807, 2.05) is 13.8 Å². The lowest BCUT2D eigenvalue weighted by atomic mass is 10.1. The molecule has 0 atom stereocenters. The van der Waals surface area contributed by atoms with Crippen molar-refractivity contribution in [2.45, 2.75) is 33.6 Å². The Balaban J connectivity index is 2.39. The van der Waals surface area contributed by atoms with Gasteiger partial charge >= 0.3 is 0 Å². The summed E-state index contributed by atoms with van der Waals surface area (Å²) in [5.74, 6) is 0. The number of nitrogens with zero attached hydrogens (tertiary/aromatic N) is 2. The van der Waals surface area contributed by atoms with Crippen molar-refractivity contribution in [2.24, 2.45) is 0 Å². The fourth-order valence-electron chi connectivity index (χ4n) is 1.88. The van der Waals surface area contributed by atoms with E-state index in [0.29, 0.717) is 5.15 Å². The zero-order chi connectivity index (χ0) is 13.1. The standard InChI is InChI=1S/C15H17ClN2/c1-4-5-12-6-8-13(9-7-12)14-15(16)18-11(3)10(2)17-14/h6-9H,4-5H2,1-3H3. The van der Waals surface area contributed by atoms with E-state index in [1.54, 1.807) is 0 Å². The van der Waals surface area contributed by atoms with Crippen LogP contribution in [0, 0.1) is 13.8 Å². The lowest BCUT2D eigenvalue weighted by Crippen LogP contribution is -1.96. The number of halogens is 1. The lowest BCUT2D eigenvalue weighted by molar-refractivity contribution is 0.922. The first-order valence-electron chi connectivity index (χ1n) is 6.22. The Bertz CT molecular complexity index is 547. The maximum absolute atomic E-state index is 6.16. The third-order valence-electron chi connectivity index (χ3n) is 3.03. The van der Waals surface area contributed by atoms with Crippen molar-refractivity contribution in [3.63, 3.8) is 0 Å². The fraction of sp³-hybridized carbons (Fsp3) is 0.333. The van der Waals surface area contributed by atoms with E-state index >= 15 is 0 Å². The fourth-order valence-corrected chi connectivity index (χ4v) is 2.16. The first kappa shape index (κ1) is 13.0. The van der Waals surface area contributed by atoms with Gasteiger partial charge in [0.2, 0.25) is 0 Å². The number of hydrogen-bond acceptors (Lipinski definition) is 2. The molecule has 0 N–H and O–H groups in total. The molecule has 0 spiro atoms. The van der Waals surface area contributed by atoms with Gasteiger partial charge in [-0.2, -0.15) is 0 Å². The molecule has 0 unspecified atom stereocenters. The lowest BCUT2D eigenvalue weighted by Gasteiger charge is -2.07. The van der Waals surface area contributed by atoms with Gasteiger partial charge in [-0.25, -0.2) is 9.97 Å². The summed E-state index contributed by atoms with van der Waals surface area (Å²) in [6.45, 7) is 6.05. The van der Waals surface area contributed by atoms with Gasteiger partial charge in [0, 0.05) is 5.56 Å². The van der Waals surface area contributed by atoms with Crippen LogP contribution in [0.5, 0.6) is 0 Å². The normalized spacial score (nSPS) is 10.7. The second-order valence-corrected chi connectivity index (χ2v) is 4.84.